The van der Waals surface area contributed by atoms with Crippen molar-refractivity contribution in [2.24, 2.45) is 0 Å². The van der Waals surface area contributed by atoms with Crippen LogP contribution in [0.4, 0.5) is 15.6 Å². The number of morpholine rings is 1. The third-order valence-corrected chi connectivity index (χ3v) is 8.02. The van der Waals surface area contributed by atoms with Crippen LogP contribution in [0.2, 0.25) is 0 Å². The van der Waals surface area contributed by atoms with Gasteiger partial charge >= 0.3 is 6.03 Å². The average molecular weight is 562 g/mol. The van der Waals surface area contributed by atoms with Crippen molar-refractivity contribution in [3.05, 3.63) is 76.8 Å². The molecule has 1 aromatic heterocycles. The van der Waals surface area contributed by atoms with Crippen LogP contribution in [-0.2, 0) is 14.3 Å². The second kappa shape index (κ2) is 12.0. The van der Waals surface area contributed by atoms with Gasteiger partial charge in [0.1, 0.15) is 17.8 Å². The summed E-state index contributed by atoms with van der Waals surface area (Å²) in [6.07, 6.45) is 0.294. The van der Waals surface area contributed by atoms with Gasteiger partial charge in [0.05, 0.1) is 13.2 Å². The first-order chi connectivity index (χ1) is 19.4. The van der Waals surface area contributed by atoms with Gasteiger partial charge in [0.2, 0.25) is 5.91 Å². The van der Waals surface area contributed by atoms with Crippen molar-refractivity contribution in [2.45, 2.75) is 38.3 Å². The van der Waals surface area contributed by atoms with E-state index in [2.05, 4.69) is 20.5 Å². The number of hydrogen-bond donors (Lipinski definition) is 2. The number of ether oxygens (including phenoxy) is 1. The summed E-state index contributed by atoms with van der Waals surface area (Å²) in [5.74, 6) is -1.72. The predicted molar refractivity (Wildman–Crippen MR) is 152 cm³/mol. The highest BCUT2D eigenvalue weighted by atomic mass is 32.1. The average Bonchev–Trinajstić information content (AvgIpc) is 3.57. The Bertz CT molecular complexity index is 1390. The first kappa shape index (κ1) is 27.5. The number of carbonyl (C=O) groups excluding carboxylic acids is 4. The van der Waals surface area contributed by atoms with Crippen molar-refractivity contribution in [3.8, 4) is 0 Å². The smallest absolute Gasteiger partial charge is 0.325 e. The molecule has 2 saturated heterocycles. The highest BCUT2D eigenvalue weighted by Crippen LogP contribution is 2.32. The van der Waals surface area contributed by atoms with Crippen LogP contribution in [0.5, 0.6) is 0 Å². The standard InChI is InChI=1S/C29H31N5O5S/c1-3-23(35)22-17-40-28(30-22)32-26(36)25(18(2)19-7-5-4-6-8-19)34-27(37)24(31-29(34)38)20-9-11-21(12-10-20)33-13-15-39-16-14-33/h4-12,17-18,24-25H,3,13-16H2,1-2H3,(H,31,38)(H,30,32,36)/t18-,24?,25-/m0/s1. The number of amides is 4. The largest absolute Gasteiger partial charge is 0.378 e. The Morgan fingerprint density at radius 1 is 1.10 bits per heavy atom. The number of anilines is 2. The lowest BCUT2D eigenvalue weighted by atomic mass is 9.91. The number of thiazole rings is 1. The fourth-order valence-electron chi connectivity index (χ4n) is 5.01. The van der Waals surface area contributed by atoms with E-state index in [0.29, 0.717) is 25.2 Å². The summed E-state index contributed by atoms with van der Waals surface area (Å²) in [4.78, 5) is 60.2. The molecule has 3 heterocycles. The fraction of sp³-hybridized carbons (Fsp3) is 0.345. The second-order valence-electron chi connectivity index (χ2n) is 9.73. The molecule has 3 aromatic rings. The molecule has 40 heavy (non-hydrogen) atoms. The lowest BCUT2D eigenvalue weighted by molar-refractivity contribution is -0.134. The molecule has 11 heteroatoms. The molecule has 10 nitrogen and oxygen atoms in total. The molecule has 1 unspecified atom stereocenters. The Kier molecular flexibility index (Phi) is 8.22. The Morgan fingerprint density at radius 3 is 2.48 bits per heavy atom. The summed E-state index contributed by atoms with van der Waals surface area (Å²) in [5, 5.41) is 7.32. The van der Waals surface area contributed by atoms with Crippen LogP contribution < -0.4 is 15.5 Å². The summed E-state index contributed by atoms with van der Waals surface area (Å²) in [6, 6.07) is 14.1. The lowest BCUT2D eigenvalue weighted by Gasteiger charge is -2.30. The van der Waals surface area contributed by atoms with E-state index in [1.807, 2.05) is 54.6 Å². The number of aromatic nitrogens is 1. The molecule has 4 amide bonds. The van der Waals surface area contributed by atoms with Gasteiger partial charge in [0, 0.05) is 36.5 Å². The van der Waals surface area contributed by atoms with Crippen molar-refractivity contribution in [1.29, 1.82) is 0 Å². The fourth-order valence-corrected chi connectivity index (χ4v) is 5.73. The lowest BCUT2D eigenvalue weighted by Crippen LogP contribution is -2.50. The van der Waals surface area contributed by atoms with Gasteiger partial charge in [0.15, 0.2) is 10.9 Å². The van der Waals surface area contributed by atoms with Crippen LogP contribution in [0, 0.1) is 0 Å². The number of urea groups is 1. The van der Waals surface area contributed by atoms with E-state index < -0.39 is 35.8 Å². The summed E-state index contributed by atoms with van der Waals surface area (Å²) in [5.41, 5.74) is 2.71. The number of imide groups is 1. The maximum absolute atomic E-state index is 13.7. The molecule has 0 saturated carbocycles. The van der Waals surface area contributed by atoms with Gasteiger partial charge in [-0.1, -0.05) is 56.3 Å². The number of nitrogens with one attached hydrogen (secondary N) is 2. The zero-order chi connectivity index (χ0) is 28.2. The normalized spacial score (nSPS) is 18.8. The van der Waals surface area contributed by atoms with Gasteiger partial charge < -0.3 is 20.3 Å². The van der Waals surface area contributed by atoms with E-state index in [-0.39, 0.29) is 16.6 Å². The zero-order valence-corrected chi connectivity index (χ0v) is 23.1. The van der Waals surface area contributed by atoms with Crippen molar-refractivity contribution >= 4 is 45.8 Å². The first-order valence-electron chi connectivity index (χ1n) is 13.3. The molecular formula is C29H31N5O5S. The Morgan fingerprint density at radius 2 is 1.80 bits per heavy atom. The molecule has 0 bridgehead atoms. The van der Waals surface area contributed by atoms with Crippen LogP contribution in [0.15, 0.2) is 60.0 Å². The molecule has 208 valence electrons. The van der Waals surface area contributed by atoms with Crippen molar-refractivity contribution in [1.82, 2.24) is 15.2 Å². The Balaban J connectivity index is 1.40. The van der Waals surface area contributed by atoms with E-state index in [9.17, 15) is 19.2 Å². The highest BCUT2D eigenvalue weighted by Gasteiger charge is 2.47. The van der Waals surface area contributed by atoms with Gasteiger partial charge in [-0.15, -0.1) is 11.3 Å². The van der Waals surface area contributed by atoms with E-state index in [1.54, 1.807) is 19.2 Å². The number of Topliss-reactive ketones (excluding diaryl/α,β-unsaturated/α-hetero) is 1. The van der Waals surface area contributed by atoms with Gasteiger partial charge in [-0.05, 0) is 23.3 Å². The van der Waals surface area contributed by atoms with Crippen molar-refractivity contribution in [2.75, 3.05) is 36.5 Å². The molecule has 2 N–H and O–H groups in total. The van der Waals surface area contributed by atoms with Crippen LogP contribution >= 0.6 is 11.3 Å². The van der Waals surface area contributed by atoms with Crippen molar-refractivity contribution in [3.63, 3.8) is 0 Å². The molecule has 2 aromatic carbocycles. The first-order valence-corrected chi connectivity index (χ1v) is 14.2. The van der Waals surface area contributed by atoms with Gasteiger partial charge in [0.25, 0.3) is 5.91 Å². The summed E-state index contributed by atoms with van der Waals surface area (Å²) in [7, 11) is 0. The van der Waals surface area contributed by atoms with Crippen molar-refractivity contribution < 1.29 is 23.9 Å². The molecule has 0 radical (unpaired) electrons. The molecule has 2 fully saturated rings. The Labute approximate surface area is 236 Å². The maximum Gasteiger partial charge on any atom is 0.325 e. The van der Waals surface area contributed by atoms with E-state index >= 15 is 0 Å². The van der Waals surface area contributed by atoms with E-state index in [0.717, 1.165) is 40.6 Å². The minimum Gasteiger partial charge on any atom is -0.378 e. The number of benzene rings is 2. The molecule has 3 atom stereocenters. The predicted octanol–water partition coefficient (Wildman–Crippen LogP) is 3.98. The van der Waals surface area contributed by atoms with Crippen LogP contribution in [0.3, 0.4) is 0 Å². The van der Waals surface area contributed by atoms with E-state index in [1.165, 1.54) is 0 Å². The van der Waals surface area contributed by atoms with Crippen LogP contribution in [0.1, 0.15) is 53.8 Å². The minimum absolute atomic E-state index is 0.137. The number of hydrogen-bond acceptors (Lipinski definition) is 8. The second-order valence-corrected chi connectivity index (χ2v) is 10.6. The minimum atomic E-state index is -1.15. The quantitative estimate of drug-likeness (QED) is 0.300. The highest BCUT2D eigenvalue weighted by molar-refractivity contribution is 7.14. The zero-order valence-electron chi connectivity index (χ0n) is 22.3. The van der Waals surface area contributed by atoms with Gasteiger partial charge in [-0.2, -0.15) is 0 Å². The number of nitrogens with zero attached hydrogens (tertiary/aromatic N) is 3. The molecular weight excluding hydrogens is 530 g/mol. The van der Waals surface area contributed by atoms with Gasteiger partial charge in [-0.3, -0.25) is 14.4 Å². The molecule has 2 aliphatic rings. The summed E-state index contributed by atoms with van der Waals surface area (Å²) >= 11 is 1.12. The number of carbonyl (C=O) groups is 4. The molecule has 0 spiro atoms. The maximum atomic E-state index is 13.7. The number of rotatable bonds is 9. The summed E-state index contributed by atoms with van der Waals surface area (Å²) < 4.78 is 5.42. The molecule has 0 aliphatic carbocycles. The van der Waals surface area contributed by atoms with Gasteiger partial charge in [-0.25, -0.2) is 14.7 Å². The van der Waals surface area contributed by atoms with E-state index in [4.69, 9.17) is 4.74 Å². The van der Waals surface area contributed by atoms with Crippen LogP contribution in [0.25, 0.3) is 0 Å². The third-order valence-electron chi connectivity index (χ3n) is 7.26. The topological polar surface area (TPSA) is 121 Å². The summed E-state index contributed by atoms with van der Waals surface area (Å²) in [6.45, 7) is 6.43. The Hall–Kier alpha value is -4.09. The third kappa shape index (κ3) is 5.61. The monoisotopic (exact) mass is 561 g/mol. The molecule has 5 rings (SSSR count). The SMILES string of the molecule is CCC(=O)c1csc(NC(=O)[C@H]([C@@H](C)c2ccccc2)N2C(=O)NC(c3ccc(N4CCOCC4)cc3)C2=O)n1. The molecule has 2 aliphatic heterocycles. The van der Waals surface area contributed by atoms with Crippen LogP contribution in [-0.4, -0.2) is 65.9 Å². The number of ketones is 1.